The number of nitrogens with zero attached hydrogens (tertiary/aromatic N) is 1. The summed E-state index contributed by atoms with van der Waals surface area (Å²) in [6.07, 6.45) is 7.57. The Morgan fingerprint density at radius 1 is 1.42 bits per heavy atom. The predicted molar refractivity (Wildman–Crippen MR) is 82.1 cm³/mol. The van der Waals surface area contributed by atoms with E-state index in [4.69, 9.17) is 18.0 Å². The zero-order valence-corrected chi connectivity index (χ0v) is 12.1. The van der Waals surface area contributed by atoms with Crippen LogP contribution in [0.15, 0.2) is 18.3 Å². The lowest BCUT2D eigenvalue weighted by molar-refractivity contribution is 0.304. The van der Waals surface area contributed by atoms with E-state index >= 15 is 0 Å². The number of aromatic nitrogens is 1. The normalized spacial score (nSPS) is 30.3. The molecule has 0 saturated heterocycles. The molecule has 2 aliphatic carbocycles. The first-order chi connectivity index (χ1) is 9.13. The molecule has 2 saturated carbocycles. The van der Waals surface area contributed by atoms with Crippen molar-refractivity contribution in [2.24, 2.45) is 23.5 Å². The third-order valence-electron chi connectivity index (χ3n) is 4.85. The van der Waals surface area contributed by atoms with Crippen LogP contribution in [-0.2, 0) is 0 Å². The maximum absolute atomic E-state index is 5.55. The smallest absolute Gasteiger partial charge is 0.122 e. The standard InChI is InChI=1S/C15H21N3S/c1-9(13-7-10-2-3-11(13)6-10)18-12-4-5-14(15(16)19)17-8-12/h4-5,8-11,13,18H,2-3,6-7H2,1H3,(H2,16,19). The average molecular weight is 275 g/mol. The molecule has 4 heteroatoms. The fourth-order valence-electron chi connectivity index (χ4n) is 3.90. The van der Waals surface area contributed by atoms with Crippen molar-refractivity contribution in [3.05, 3.63) is 24.0 Å². The Bertz CT molecular complexity index is 471. The molecule has 102 valence electrons. The van der Waals surface area contributed by atoms with Gasteiger partial charge in [-0.1, -0.05) is 18.6 Å². The summed E-state index contributed by atoms with van der Waals surface area (Å²) >= 11 is 4.91. The molecule has 4 unspecified atom stereocenters. The topological polar surface area (TPSA) is 50.9 Å². The van der Waals surface area contributed by atoms with Crippen molar-refractivity contribution in [2.45, 2.75) is 38.6 Å². The lowest BCUT2D eigenvalue weighted by atomic mass is 9.84. The van der Waals surface area contributed by atoms with E-state index in [0.717, 1.165) is 23.4 Å². The van der Waals surface area contributed by atoms with Crippen molar-refractivity contribution in [3.8, 4) is 0 Å². The summed E-state index contributed by atoms with van der Waals surface area (Å²) in [5.74, 6) is 2.76. The number of nitrogens with one attached hydrogen (secondary N) is 1. The molecule has 0 spiro atoms. The first-order valence-electron chi connectivity index (χ1n) is 7.16. The average Bonchev–Trinajstić information content (AvgIpc) is 3.01. The van der Waals surface area contributed by atoms with E-state index in [0.29, 0.717) is 16.7 Å². The van der Waals surface area contributed by atoms with Gasteiger partial charge in [0.15, 0.2) is 0 Å². The minimum Gasteiger partial charge on any atom is -0.388 e. The van der Waals surface area contributed by atoms with Crippen LogP contribution in [0, 0.1) is 17.8 Å². The summed E-state index contributed by atoms with van der Waals surface area (Å²) in [5, 5.41) is 3.59. The van der Waals surface area contributed by atoms with E-state index in [-0.39, 0.29) is 0 Å². The molecule has 0 aromatic carbocycles. The zero-order chi connectivity index (χ0) is 13.4. The van der Waals surface area contributed by atoms with Crippen LogP contribution in [-0.4, -0.2) is 16.0 Å². The largest absolute Gasteiger partial charge is 0.388 e. The Kier molecular flexibility index (Phi) is 3.44. The number of hydrogen-bond acceptors (Lipinski definition) is 3. The minimum atomic E-state index is 0.354. The Morgan fingerprint density at radius 2 is 2.26 bits per heavy atom. The Morgan fingerprint density at radius 3 is 2.79 bits per heavy atom. The van der Waals surface area contributed by atoms with Crippen molar-refractivity contribution in [3.63, 3.8) is 0 Å². The molecule has 2 bridgehead atoms. The van der Waals surface area contributed by atoms with Gasteiger partial charge in [-0.3, -0.25) is 4.98 Å². The van der Waals surface area contributed by atoms with E-state index in [1.54, 1.807) is 0 Å². The van der Waals surface area contributed by atoms with Crippen LogP contribution in [0.3, 0.4) is 0 Å². The highest BCUT2D eigenvalue weighted by Gasteiger charge is 2.41. The summed E-state index contributed by atoms with van der Waals surface area (Å²) in [7, 11) is 0. The summed E-state index contributed by atoms with van der Waals surface area (Å²) in [6, 6.07) is 4.43. The van der Waals surface area contributed by atoms with E-state index < -0.39 is 0 Å². The highest BCUT2D eigenvalue weighted by molar-refractivity contribution is 7.80. The van der Waals surface area contributed by atoms with Gasteiger partial charge in [0.05, 0.1) is 17.6 Å². The molecule has 0 amide bonds. The first kappa shape index (κ1) is 12.9. The van der Waals surface area contributed by atoms with Gasteiger partial charge < -0.3 is 11.1 Å². The number of nitrogens with two attached hydrogens (primary N) is 1. The van der Waals surface area contributed by atoms with Gasteiger partial charge in [0.1, 0.15) is 4.99 Å². The number of rotatable bonds is 4. The Hall–Kier alpha value is -1.16. The number of anilines is 1. The molecule has 3 rings (SSSR count). The van der Waals surface area contributed by atoms with Gasteiger partial charge in [0.2, 0.25) is 0 Å². The van der Waals surface area contributed by atoms with E-state index in [9.17, 15) is 0 Å². The monoisotopic (exact) mass is 275 g/mol. The van der Waals surface area contributed by atoms with Gasteiger partial charge in [-0.2, -0.15) is 0 Å². The molecule has 1 aromatic rings. The quantitative estimate of drug-likeness (QED) is 0.830. The van der Waals surface area contributed by atoms with Crippen molar-refractivity contribution in [1.82, 2.24) is 4.98 Å². The van der Waals surface area contributed by atoms with Crippen molar-refractivity contribution in [1.29, 1.82) is 0 Å². The van der Waals surface area contributed by atoms with Gasteiger partial charge in [0.25, 0.3) is 0 Å². The molecule has 1 aromatic heterocycles. The molecule has 4 atom stereocenters. The van der Waals surface area contributed by atoms with Gasteiger partial charge in [-0.05, 0) is 56.1 Å². The molecule has 19 heavy (non-hydrogen) atoms. The first-order valence-corrected chi connectivity index (χ1v) is 7.56. The maximum atomic E-state index is 5.55. The van der Waals surface area contributed by atoms with Crippen molar-refractivity contribution >= 4 is 22.9 Å². The predicted octanol–water partition coefficient (Wildman–Crippen LogP) is 2.95. The SMILES string of the molecule is CC(Nc1ccc(C(N)=S)nc1)C1CC2CCC1C2. The van der Waals surface area contributed by atoms with Crippen LogP contribution < -0.4 is 11.1 Å². The molecular formula is C15H21N3S. The summed E-state index contributed by atoms with van der Waals surface area (Å²) < 4.78 is 0. The zero-order valence-electron chi connectivity index (χ0n) is 11.3. The fourth-order valence-corrected chi connectivity index (χ4v) is 4.02. The molecule has 0 aliphatic heterocycles. The van der Waals surface area contributed by atoms with Crippen LogP contribution in [0.4, 0.5) is 5.69 Å². The second kappa shape index (κ2) is 5.08. The van der Waals surface area contributed by atoms with E-state index in [1.807, 2.05) is 18.3 Å². The molecular weight excluding hydrogens is 254 g/mol. The van der Waals surface area contributed by atoms with Crippen molar-refractivity contribution in [2.75, 3.05) is 5.32 Å². The van der Waals surface area contributed by atoms with Gasteiger partial charge in [-0.15, -0.1) is 0 Å². The summed E-state index contributed by atoms with van der Waals surface area (Å²) in [5.41, 5.74) is 7.31. The van der Waals surface area contributed by atoms with Crippen LogP contribution in [0.1, 0.15) is 38.3 Å². The third kappa shape index (κ3) is 2.59. The van der Waals surface area contributed by atoms with Crippen molar-refractivity contribution < 1.29 is 0 Å². The fraction of sp³-hybridized carbons (Fsp3) is 0.600. The van der Waals surface area contributed by atoms with Gasteiger partial charge in [0, 0.05) is 6.04 Å². The second-order valence-electron chi connectivity index (χ2n) is 6.07. The molecule has 3 nitrogen and oxygen atoms in total. The molecule has 0 radical (unpaired) electrons. The highest BCUT2D eigenvalue weighted by atomic mass is 32.1. The number of hydrogen-bond donors (Lipinski definition) is 2. The Labute approximate surface area is 120 Å². The summed E-state index contributed by atoms with van der Waals surface area (Å²) in [4.78, 5) is 4.63. The van der Waals surface area contributed by atoms with E-state index in [1.165, 1.54) is 25.7 Å². The minimum absolute atomic E-state index is 0.354. The number of thiocarbonyl (C=S) groups is 1. The summed E-state index contributed by atoms with van der Waals surface area (Å²) in [6.45, 7) is 2.30. The molecule has 3 N–H and O–H groups in total. The lowest BCUT2D eigenvalue weighted by Crippen LogP contribution is -2.30. The van der Waals surface area contributed by atoms with Crippen LogP contribution >= 0.6 is 12.2 Å². The Balaban J connectivity index is 1.63. The third-order valence-corrected chi connectivity index (χ3v) is 5.05. The molecule has 2 aliphatic rings. The number of pyridine rings is 1. The number of fused-ring (bicyclic) bond motifs is 2. The van der Waals surface area contributed by atoms with E-state index in [2.05, 4.69) is 17.2 Å². The molecule has 1 heterocycles. The molecule has 2 fully saturated rings. The lowest BCUT2D eigenvalue weighted by Gasteiger charge is -2.29. The van der Waals surface area contributed by atoms with Gasteiger partial charge in [-0.25, -0.2) is 0 Å². The second-order valence-corrected chi connectivity index (χ2v) is 6.51. The van der Waals surface area contributed by atoms with Crippen LogP contribution in [0.2, 0.25) is 0 Å². The van der Waals surface area contributed by atoms with Gasteiger partial charge >= 0.3 is 0 Å². The van der Waals surface area contributed by atoms with Crippen LogP contribution in [0.25, 0.3) is 0 Å². The maximum Gasteiger partial charge on any atom is 0.122 e. The highest BCUT2D eigenvalue weighted by Crippen LogP contribution is 2.49. The van der Waals surface area contributed by atoms with Crippen LogP contribution in [0.5, 0.6) is 0 Å².